The number of rotatable bonds is 10. The summed E-state index contributed by atoms with van der Waals surface area (Å²) >= 11 is 0. The molecule has 8 heteroatoms. The van der Waals surface area contributed by atoms with Gasteiger partial charge in [-0.2, -0.15) is 0 Å². The highest BCUT2D eigenvalue weighted by Crippen LogP contribution is 2.35. The number of benzene rings is 1. The molecule has 2 aromatic rings. The lowest BCUT2D eigenvalue weighted by atomic mass is 10.0. The fourth-order valence-corrected chi connectivity index (χ4v) is 3.69. The van der Waals surface area contributed by atoms with Gasteiger partial charge in [-0.15, -0.1) is 0 Å². The van der Waals surface area contributed by atoms with Crippen LogP contribution in [0.4, 0.5) is 0 Å². The third-order valence-corrected chi connectivity index (χ3v) is 5.40. The molecular weight excluding hydrogens is 400 g/mol. The fraction of sp³-hybridized carbons (Fsp3) is 0.435. The minimum absolute atomic E-state index is 0.102. The molecule has 1 amide bonds. The smallest absolute Gasteiger partial charge is 0.305 e. The number of carboxylic acid groups (broad SMARTS) is 1. The summed E-state index contributed by atoms with van der Waals surface area (Å²) in [7, 11) is 0. The average molecular weight is 428 g/mol. The Bertz CT molecular complexity index is 1000. The second kappa shape index (κ2) is 10.1. The Kier molecular flexibility index (Phi) is 7.33. The molecule has 2 N–H and O–H groups in total. The number of ether oxygens (including phenoxy) is 2. The number of carbonyl (C=O) groups is 2. The number of nitrogens with zero attached hydrogens (tertiary/aromatic N) is 1. The summed E-state index contributed by atoms with van der Waals surface area (Å²) in [6.07, 6.45) is 4.00. The molecular formula is C23H28N2O6. The lowest BCUT2D eigenvalue weighted by molar-refractivity contribution is -0.138. The zero-order valence-corrected chi connectivity index (χ0v) is 17.8. The van der Waals surface area contributed by atoms with E-state index in [2.05, 4.69) is 5.32 Å². The van der Waals surface area contributed by atoms with Gasteiger partial charge in [0.05, 0.1) is 12.5 Å². The van der Waals surface area contributed by atoms with Crippen molar-refractivity contribution in [3.8, 4) is 11.5 Å². The molecule has 1 aliphatic rings. The molecule has 0 aliphatic carbocycles. The van der Waals surface area contributed by atoms with Crippen LogP contribution in [0, 0.1) is 0 Å². The number of fused-ring (bicyclic) bond motifs is 1. The standard InChI is InChI=1S/C23H28N2O6/c1-3-5-8-18(25-11-6-7-15(4-2)23(25)29)22(28)24-17(13-21(26)27)16-9-10-19-20(12-16)31-14-30-19/h6-7,9-12,17-18H,3-5,8,13-14H2,1-2H3,(H,24,28)(H,26,27)/t17-,18?/m0/s1. The monoisotopic (exact) mass is 428 g/mol. The molecule has 1 aliphatic heterocycles. The Morgan fingerprint density at radius 3 is 2.68 bits per heavy atom. The lowest BCUT2D eigenvalue weighted by Gasteiger charge is -2.24. The van der Waals surface area contributed by atoms with E-state index in [-0.39, 0.29) is 24.7 Å². The van der Waals surface area contributed by atoms with E-state index in [1.54, 1.807) is 36.5 Å². The number of hydrogen-bond donors (Lipinski definition) is 2. The van der Waals surface area contributed by atoms with Crippen LogP contribution in [0.3, 0.4) is 0 Å². The third-order valence-electron chi connectivity index (χ3n) is 5.40. The second-order valence-corrected chi connectivity index (χ2v) is 7.53. The minimum Gasteiger partial charge on any atom is -0.481 e. The van der Waals surface area contributed by atoms with E-state index in [1.165, 1.54) is 4.57 Å². The molecule has 0 saturated carbocycles. The zero-order valence-electron chi connectivity index (χ0n) is 17.8. The summed E-state index contributed by atoms with van der Waals surface area (Å²) in [5, 5.41) is 12.3. The van der Waals surface area contributed by atoms with Gasteiger partial charge < -0.3 is 24.5 Å². The highest BCUT2D eigenvalue weighted by atomic mass is 16.7. The number of aromatic nitrogens is 1. The van der Waals surface area contributed by atoms with Crippen LogP contribution in [-0.4, -0.2) is 28.3 Å². The maximum absolute atomic E-state index is 13.3. The molecule has 2 heterocycles. The van der Waals surface area contributed by atoms with Crippen LogP contribution in [0.5, 0.6) is 11.5 Å². The molecule has 1 aromatic carbocycles. The van der Waals surface area contributed by atoms with E-state index in [1.807, 2.05) is 13.8 Å². The Morgan fingerprint density at radius 2 is 1.97 bits per heavy atom. The summed E-state index contributed by atoms with van der Waals surface area (Å²) in [5.41, 5.74) is 1.04. The van der Waals surface area contributed by atoms with Gasteiger partial charge in [0.25, 0.3) is 5.56 Å². The van der Waals surface area contributed by atoms with E-state index in [0.29, 0.717) is 35.5 Å². The van der Waals surface area contributed by atoms with Crippen molar-refractivity contribution in [1.82, 2.24) is 9.88 Å². The predicted octanol–water partition coefficient (Wildman–Crippen LogP) is 3.20. The van der Waals surface area contributed by atoms with Gasteiger partial charge in [-0.1, -0.05) is 38.8 Å². The van der Waals surface area contributed by atoms with Gasteiger partial charge in [-0.3, -0.25) is 14.4 Å². The Balaban J connectivity index is 1.90. The van der Waals surface area contributed by atoms with Crippen LogP contribution in [0.2, 0.25) is 0 Å². The first-order valence-corrected chi connectivity index (χ1v) is 10.6. The summed E-state index contributed by atoms with van der Waals surface area (Å²) in [6, 6.07) is 7.13. The predicted molar refractivity (Wildman–Crippen MR) is 114 cm³/mol. The number of nitrogens with one attached hydrogen (secondary N) is 1. The maximum atomic E-state index is 13.3. The van der Waals surface area contributed by atoms with Crippen LogP contribution in [0.1, 0.15) is 62.7 Å². The number of unbranched alkanes of at least 4 members (excludes halogenated alkanes) is 1. The normalized spacial score (nSPS) is 14.1. The van der Waals surface area contributed by atoms with Crippen molar-refractivity contribution >= 4 is 11.9 Å². The molecule has 3 rings (SSSR count). The molecule has 0 radical (unpaired) electrons. The van der Waals surface area contributed by atoms with Crippen LogP contribution in [0.25, 0.3) is 0 Å². The van der Waals surface area contributed by atoms with Crippen LogP contribution < -0.4 is 20.3 Å². The molecule has 0 bridgehead atoms. The molecule has 166 valence electrons. The highest BCUT2D eigenvalue weighted by molar-refractivity contribution is 5.81. The van der Waals surface area contributed by atoms with E-state index in [0.717, 1.165) is 12.8 Å². The minimum atomic E-state index is -1.04. The number of hydrogen-bond acceptors (Lipinski definition) is 5. The topological polar surface area (TPSA) is 107 Å². The van der Waals surface area contributed by atoms with E-state index < -0.39 is 18.1 Å². The Hall–Kier alpha value is -3.29. The first kappa shape index (κ1) is 22.4. The van der Waals surface area contributed by atoms with Crippen molar-refractivity contribution in [2.45, 2.75) is 58.0 Å². The van der Waals surface area contributed by atoms with Crippen molar-refractivity contribution in [1.29, 1.82) is 0 Å². The van der Waals surface area contributed by atoms with Crippen molar-refractivity contribution in [2.24, 2.45) is 0 Å². The van der Waals surface area contributed by atoms with Gasteiger partial charge >= 0.3 is 5.97 Å². The van der Waals surface area contributed by atoms with Gasteiger partial charge in [0.15, 0.2) is 11.5 Å². The SMILES string of the molecule is CCCCC(C(=O)N[C@@H](CC(=O)O)c1ccc2c(c1)OCO2)n1cccc(CC)c1=O. The number of aryl methyl sites for hydroxylation is 1. The van der Waals surface area contributed by atoms with Crippen molar-refractivity contribution in [3.63, 3.8) is 0 Å². The first-order chi connectivity index (χ1) is 14.9. The number of carboxylic acids is 1. The maximum Gasteiger partial charge on any atom is 0.305 e. The molecule has 8 nitrogen and oxygen atoms in total. The van der Waals surface area contributed by atoms with E-state index in [4.69, 9.17) is 9.47 Å². The largest absolute Gasteiger partial charge is 0.481 e. The van der Waals surface area contributed by atoms with Gasteiger partial charge in [0.1, 0.15) is 6.04 Å². The molecule has 0 saturated heterocycles. The van der Waals surface area contributed by atoms with E-state index in [9.17, 15) is 19.5 Å². The number of pyridine rings is 1. The fourth-order valence-electron chi connectivity index (χ4n) is 3.69. The van der Waals surface area contributed by atoms with Crippen LogP contribution >= 0.6 is 0 Å². The quantitative estimate of drug-likeness (QED) is 0.602. The summed E-state index contributed by atoms with van der Waals surface area (Å²) < 4.78 is 12.1. The lowest BCUT2D eigenvalue weighted by Crippen LogP contribution is -2.40. The number of aliphatic carboxylic acids is 1. The van der Waals surface area contributed by atoms with Gasteiger partial charge in [0.2, 0.25) is 12.7 Å². The van der Waals surface area contributed by atoms with Gasteiger partial charge in [-0.05, 0) is 36.6 Å². The highest BCUT2D eigenvalue weighted by Gasteiger charge is 2.27. The molecule has 0 spiro atoms. The summed E-state index contributed by atoms with van der Waals surface area (Å²) in [4.78, 5) is 37.6. The first-order valence-electron chi connectivity index (χ1n) is 10.6. The second-order valence-electron chi connectivity index (χ2n) is 7.53. The number of amides is 1. The van der Waals surface area contributed by atoms with Gasteiger partial charge in [-0.25, -0.2) is 0 Å². The Morgan fingerprint density at radius 1 is 1.19 bits per heavy atom. The van der Waals surface area contributed by atoms with Crippen molar-refractivity contribution < 1.29 is 24.2 Å². The van der Waals surface area contributed by atoms with Crippen LogP contribution in [0.15, 0.2) is 41.3 Å². The van der Waals surface area contributed by atoms with Gasteiger partial charge in [0, 0.05) is 11.8 Å². The molecule has 1 unspecified atom stereocenters. The molecule has 31 heavy (non-hydrogen) atoms. The van der Waals surface area contributed by atoms with Crippen LogP contribution in [-0.2, 0) is 16.0 Å². The molecule has 2 atom stereocenters. The average Bonchev–Trinajstić information content (AvgIpc) is 3.22. The number of carbonyl (C=O) groups excluding carboxylic acids is 1. The molecule has 0 fully saturated rings. The van der Waals surface area contributed by atoms with Crippen molar-refractivity contribution in [3.05, 3.63) is 58.0 Å². The van der Waals surface area contributed by atoms with Crippen molar-refractivity contribution in [2.75, 3.05) is 6.79 Å². The summed E-state index contributed by atoms with van der Waals surface area (Å²) in [5.74, 6) is -0.338. The summed E-state index contributed by atoms with van der Waals surface area (Å²) in [6.45, 7) is 4.01. The Labute approximate surface area is 180 Å². The zero-order chi connectivity index (χ0) is 22.4. The third kappa shape index (κ3) is 5.25. The van der Waals surface area contributed by atoms with E-state index >= 15 is 0 Å². The molecule has 1 aromatic heterocycles.